The molecule has 4 heterocycles. The van der Waals surface area contributed by atoms with Crippen LogP contribution in [-0.2, 0) is 13.0 Å². The molecule has 1 amide bonds. The van der Waals surface area contributed by atoms with Gasteiger partial charge in [0.05, 0.1) is 18.3 Å². The number of nitrogen functional groups attached to an aromatic ring is 1. The van der Waals surface area contributed by atoms with Crippen molar-refractivity contribution in [2.45, 2.75) is 19.9 Å². The van der Waals surface area contributed by atoms with Gasteiger partial charge in [0.1, 0.15) is 17.0 Å². The quantitative estimate of drug-likeness (QED) is 0.365. The van der Waals surface area contributed by atoms with Gasteiger partial charge in [-0.15, -0.1) is 0 Å². The van der Waals surface area contributed by atoms with Crippen LogP contribution in [0.3, 0.4) is 0 Å². The topological polar surface area (TPSA) is 143 Å². The lowest BCUT2D eigenvalue weighted by molar-refractivity contribution is 0.102. The first-order chi connectivity index (χ1) is 17.6. The van der Waals surface area contributed by atoms with Gasteiger partial charge >= 0.3 is 0 Å². The maximum absolute atomic E-state index is 12.8. The molecule has 11 heteroatoms. The molecule has 0 saturated heterocycles. The van der Waals surface area contributed by atoms with E-state index in [1.807, 2.05) is 23.6 Å². The number of anilines is 2. The number of hydrogen-bond donors (Lipinski definition) is 2. The van der Waals surface area contributed by atoms with Gasteiger partial charge in [-0.2, -0.15) is 0 Å². The van der Waals surface area contributed by atoms with Crippen molar-refractivity contribution >= 4 is 28.4 Å². The highest BCUT2D eigenvalue weighted by Gasteiger charge is 2.19. The standard InChI is InChI=1S/C25H21N7O4/c1-2-32-19-12-21(27-13-18(19)29-24(32)22-23(26)31-36-30-22)35-17-5-3-4-16(11-17)28-25(33)15-6-7-20-14(10-15)8-9-34-20/h3-7,10-13H,2,8-9H2,1H3,(H2,26,31)(H,28,33). The predicted octanol–water partition coefficient (Wildman–Crippen LogP) is 4.06. The van der Waals surface area contributed by atoms with Crippen molar-refractivity contribution in [2.75, 3.05) is 17.7 Å². The van der Waals surface area contributed by atoms with Crippen molar-refractivity contribution < 1.29 is 18.9 Å². The van der Waals surface area contributed by atoms with Gasteiger partial charge in [0.25, 0.3) is 5.91 Å². The zero-order valence-electron chi connectivity index (χ0n) is 19.3. The third-order valence-electron chi connectivity index (χ3n) is 5.92. The number of aryl methyl sites for hydroxylation is 1. The molecule has 36 heavy (non-hydrogen) atoms. The van der Waals surface area contributed by atoms with E-state index in [0.717, 1.165) is 23.3 Å². The first kappa shape index (κ1) is 21.6. The van der Waals surface area contributed by atoms with Crippen molar-refractivity contribution in [3.8, 4) is 28.9 Å². The van der Waals surface area contributed by atoms with Crippen molar-refractivity contribution in [1.82, 2.24) is 24.8 Å². The Morgan fingerprint density at radius 2 is 2.11 bits per heavy atom. The van der Waals surface area contributed by atoms with Gasteiger partial charge in [-0.05, 0) is 53.1 Å². The number of benzene rings is 2. The van der Waals surface area contributed by atoms with Gasteiger partial charge < -0.3 is 25.1 Å². The van der Waals surface area contributed by atoms with Crippen LogP contribution in [0.5, 0.6) is 17.4 Å². The maximum atomic E-state index is 12.8. The summed E-state index contributed by atoms with van der Waals surface area (Å²) in [4.78, 5) is 21.7. The van der Waals surface area contributed by atoms with Crippen LogP contribution in [0.15, 0.2) is 59.4 Å². The van der Waals surface area contributed by atoms with Crippen LogP contribution in [0.1, 0.15) is 22.8 Å². The molecule has 11 nitrogen and oxygen atoms in total. The fourth-order valence-electron chi connectivity index (χ4n) is 4.21. The van der Waals surface area contributed by atoms with Crippen molar-refractivity contribution in [1.29, 1.82) is 0 Å². The first-order valence-corrected chi connectivity index (χ1v) is 11.4. The molecule has 180 valence electrons. The minimum absolute atomic E-state index is 0.163. The van der Waals surface area contributed by atoms with Crippen LogP contribution >= 0.6 is 0 Å². The predicted molar refractivity (Wildman–Crippen MR) is 131 cm³/mol. The molecular formula is C25H21N7O4. The molecule has 0 radical (unpaired) electrons. The Balaban J connectivity index is 1.23. The second-order valence-corrected chi connectivity index (χ2v) is 8.19. The molecular weight excluding hydrogens is 462 g/mol. The number of carbonyl (C=O) groups is 1. The van der Waals surface area contributed by atoms with E-state index in [0.29, 0.717) is 53.1 Å². The Labute approximate surface area is 204 Å². The van der Waals surface area contributed by atoms with Gasteiger partial charge in [0.15, 0.2) is 17.3 Å². The fourth-order valence-corrected chi connectivity index (χ4v) is 4.21. The number of hydrogen-bond acceptors (Lipinski definition) is 9. The summed E-state index contributed by atoms with van der Waals surface area (Å²) in [6.07, 6.45) is 2.42. The highest BCUT2D eigenvalue weighted by Crippen LogP contribution is 2.30. The minimum atomic E-state index is -0.206. The molecule has 0 saturated carbocycles. The number of pyridine rings is 1. The van der Waals surface area contributed by atoms with Crippen LogP contribution in [0.25, 0.3) is 22.6 Å². The van der Waals surface area contributed by atoms with Gasteiger partial charge in [-0.1, -0.05) is 6.07 Å². The van der Waals surface area contributed by atoms with Crippen LogP contribution in [0.2, 0.25) is 0 Å². The van der Waals surface area contributed by atoms with Gasteiger partial charge in [-0.3, -0.25) is 4.79 Å². The Kier molecular flexibility index (Phi) is 5.21. The Bertz CT molecular complexity index is 1610. The van der Waals surface area contributed by atoms with E-state index in [2.05, 4.69) is 25.6 Å². The van der Waals surface area contributed by atoms with Crippen LogP contribution in [0.4, 0.5) is 11.5 Å². The van der Waals surface area contributed by atoms with E-state index in [-0.39, 0.29) is 11.7 Å². The first-order valence-electron chi connectivity index (χ1n) is 11.4. The summed E-state index contributed by atoms with van der Waals surface area (Å²) >= 11 is 0. The summed E-state index contributed by atoms with van der Waals surface area (Å²) in [6.45, 7) is 3.23. The molecule has 6 rings (SSSR count). The van der Waals surface area contributed by atoms with Crippen molar-refractivity contribution in [3.63, 3.8) is 0 Å². The Morgan fingerprint density at radius 3 is 2.94 bits per heavy atom. The normalized spacial score (nSPS) is 12.4. The highest BCUT2D eigenvalue weighted by molar-refractivity contribution is 6.04. The van der Waals surface area contributed by atoms with E-state index in [1.165, 1.54) is 0 Å². The van der Waals surface area contributed by atoms with E-state index >= 15 is 0 Å². The van der Waals surface area contributed by atoms with Gasteiger partial charge in [-0.25, -0.2) is 14.6 Å². The van der Waals surface area contributed by atoms with Gasteiger partial charge in [0, 0.05) is 36.3 Å². The fraction of sp³-hybridized carbons (Fsp3) is 0.160. The number of nitrogens with zero attached hydrogens (tertiary/aromatic N) is 5. The zero-order chi connectivity index (χ0) is 24.6. The maximum Gasteiger partial charge on any atom is 0.255 e. The third kappa shape index (κ3) is 3.86. The largest absolute Gasteiger partial charge is 0.493 e. The number of aromatic nitrogens is 5. The lowest BCUT2D eigenvalue weighted by atomic mass is 10.1. The monoisotopic (exact) mass is 483 g/mol. The Morgan fingerprint density at radius 1 is 1.19 bits per heavy atom. The van der Waals surface area contributed by atoms with E-state index in [4.69, 9.17) is 19.8 Å². The summed E-state index contributed by atoms with van der Waals surface area (Å²) in [7, 11) is 0. The molecule has 0 spiro atoms. The van der Waals surface area contributed by atoms with Crippen LogP contribution < -0.4 is 20.5 Å². The van der Waals surface area contributed by atoms with Crippen molar-refractivity contribution in [2.24, 2.45) is 0 Å². The molecule has 0 unspecified atom stereocenters. The average molecular weight is 483 g/mol. The molecule has 2 aromatic carbocycles. The van der Waals surface area contributed by atoms with E-state index in [9.17, 15) is 4.79 Å². The van der Waals surface area contributed by atoms with Crippen LogP contribution in [-0.4, -0.2) is 37.4 Å². The number of nitrogens with two attached hydrogens (primary N) is 1. The Hall–Kier alpha value is -4.93. The number of amides is 1. The average Bonchev–Trinajstić information content (AvgIpc) is 3.61. The summed E-state index contributed by atoms with van der Waals surface area (Å²) in [6, 6.07) is 14.4. The lowest BCUT2D eigenvalue weighted by Crippen LogP contribution is -2.12. The number of ether oxygens (including phenoxy) is 2. The SMILES string of the molecule is CCn1c(-c2nonc2N)nc2cnc(Oc3cccc(NC(=O)c4ccc5c(c4)CCO5)c3)cc21. The third-order valence-corrected chi connectivity index (χ3v) is 5.92. The van der Waals surface area contributed by atoms with E-state index in [1.54, 1.807) is 42.6 Å². The number of carbonyl (C=O) groups excluding carboxylic acids is 1. The molecule has 0 fully saturated rings. The number of rotatable bonds is 6. The molecule has 0 aliphatic carbocycles. The highest BCUT2D eigenvalue weighted by atomic mass is 16.6. The smallest absolute Gasteiger partial charge is 0.255 e. The van der Waals surface area contributed by atoms with E-state index < -0.39 is 0 Å². The molecule has 0 bridgehead atoms. The molecule has 1 aliphatic rings. The number of fused-ring (bicyclic) bond motifs is 2. The summed E-state index contributed by atoms with van der Waals surface area (Å²) < 4.78 is 18.2. The molecule has 3 N–H and O–H groups in total. The number of nitrogens with one attached hydrogen (secondary N) is 1. The van der Waals surface area contributed by atoms with Crippen LogP contribution in [0, 0.1) is 0 Å². The van der Waals surface area contributed by atoms with Crippen molar-refractivity contribution in [3.05, 3.63) is 65.9 Å². The lowest BCUT2D eigenvalue weighted by Gasteiger charge is -2.10. The summed E-state index contributed by atoms with van der Waals surface area (Å²) in [5.41, 5.74) is 9.90. The molecule has 5 aromatic rings. The molecule has 1 aliphatic heterocycles. The van der Waals surface area contributed by atoms with Gasteiger partial charge in [0.2, 0.25) is 5.88 Å². The molecule has 3 aromatic heterocycles. The minimum Gasteiger partial charge on any atom is -0.493 e. The summed E-state index contributed by atoms with van der Waals surface area (Å²) in [5.74, 6) is 2.22. The molecule has 0 atom stereocenters. The summed E-state index contributed by atoms with van der Waals surface area (Å²) in [5, 5.41) is 10.4. The second-order valence-electron chi connectivity index (χ2n) is 8.19. The second kappa shape index (κ2) is 8.69. The zero-order valence-corrected chi connectivity index (χ0v) is 19.3. The number of imidazole rings is 1.